The van der Waals surface area contributed by atoms with E-state index in [9.17, 15) is 9.18 Å². The second-order valence-electron chi connectivity index (χ2n) is 8.25. The summed E-state index contributed by atoms with van der Waals surface area (Å²) in [6.45, 7) is 5.11. The number of amides is 1. The predicted molar refractivity (Wildman–Crippen MR) is 126 cm³/mol. The van der Waals surface area contributed by atoms with Crippen LogP contribution in [0.5, 0.6) is 5.75 Å². The topological polar surface area (TPSA) is 41.6 Å². The zero-order valence-corrected chi connectivity index (χ0v) is 18.7. The lowest BCUT2D eigenvalue weighted by Crippen LogP contribution is -2.43. The molecule has 0 aromatic heterocycles. The van der Waals surface area contributed by atoms with E-state index in [4.69, 9.17) is 16.3 Å². The number of likely N-dealkylation sites (tertiary alicyclic amines) is 1. The summed E-state index contributed by atoms with van der Waals surface area (Å²) in [5, 5.41) is 2.88. The maximum atomic E-state index is 13.2. The fraction of sp³-hybridized carbons (Fsp3) is 0.269. The summed E-state index contributed by atoms with van der Waals surface area (Å²) >= 11 is 6.00. The number of piperidine rings is 1. The predicted octanol–water partition coefficient (Wildman–Crippen LogP) is 6.02. The molecule has 1 aliphatic heterocycles. The molecule has 4 rings (SSSR count). The van der Waals surface area contributed by atoms with Crippen LogP contribution in [0.25, 0.3) is 0 Å². The van der Waals surface area contributed by atoms with Gasteiger partial charge in [-0.15, -0.1) is 0 Å². The lowest BCUT2D eigenvalue weighted by atomic mass is 9.96. The van der Waals surface area contributed by atoms with Crippen LogP contribution in [0.1, 0.15) is 29.3 Å². The van der Waals surface area contributed by atoms with E-state index in [1.807, 2.05) is 18.2 Å². The molecule has 1 N–H and O–H groups in total. The number of hydrogen-bond acceptors (Lipinski definition) is 3. The number of carbonyl (C=O) groups excluding carboxylic acids is 1. The lowest BCUT2D eigenvalue weighted by Gasteiger charge is -2.37. The van der Waals surface area contributed by atoms with Gasteiger partial charge in [-0.3, -0.25) is 9.69 Å². The van der Waals surface area contributed by atoms with Crippen molar-refractivity contribution in [3.8, 4) is 5.75 Å². The summed E-state index contributed by atoms with van der Waals surface area (Å²) in [7, 11) is 0. The molecule has 3 aromatic rings. The van der Waals surface area contributed by atoms with Crippen molar-refractivity contribution in [2.75, 3.05) is 18.4 Å². The Morgan fingerprint density at radius 2 is 1.94 bits per heavy atom. The van der Waals surface area contributed by atoms with Gasteiger partial charge < -0.3 is 10.1 Å². The van der Waals surface area contributed by atoms with Crippen LogP contribution < -0.4 is 10.1 Å². The number of benzene rings is 3. The van der Waals surface area contributed by atoms with Crippen molar-refractivity contribution in [2.45, 2.75) is 26.0 Å². The molecular formula is C26H26ClFN2O2. The maximum Gasteiger partial charge on any atom is 0.257 e. The van der Waals surface area contributed by atoms with E-state index in [2.05, 4.69) is 41.4 Å². The second-order valence-corrected chi connectivity index (χ2v) is 8.66. The molecule has 2 atom stereocenters. The van der Waals surface area contributed by atoms with Crippen molar-refractivity contribution in [1.82, 2.24) is 4.90 Å². The van der Waals surface area contributed by atoms with Crippen molar-refractivity contribution < 1.29 is 13.9 Å². The lowest BCUT2D eigenvalue weighted by molar-refractivity contribution is 0.0490. The molecule has 1 amide bonds. The van der Waals surface area contributed by atoms with Crippen LogP contribution in [-0.4, -0.2) is 30.0 Å². The first-order chi connectivity index (χ1) is 15.5. The number of rotatable bonds is 6. The molecule has 1 fully saturated rings. The molecule has 0 spiro atoms. The maximum absolute atomic E-state index is 13.2. The van der Waals surface area contributed by atoms with Gasteiger partial charge in [0.05, 0.1) is 10.6 Å². The van der Waals surface area contributed by atoms with Gasteiger partial charge in [0.2, 0.25) is 0 Å². The van der Waals surface area contributed by atoms with Crippen molar-refractivity contribution in [3.63, 3.8) is 0 Å². The van der Waals surface area contributed by atoms with Crippen molar-refractivity contribution in [1.29, 1.82) is 0 Å². The number of hydrogen-bond donors (Lipinski definition) is 1. The Kier molecular flexibility index (Phi) is 7.08. The first kappa shape index (κ1) is 22.3. The molecule has 1 saturated heterocycles. The van der Waals surface area contributed by atoms with Gasteiger partial charge in [0.15, 0.2) is 0 Å². The molecule has 3 aromatic carbocycles. The highest BCUT2D eigenvalue weighted by Gasteiger charge is 2.27. The summed E-state index contributed by atoms with van der Waals surface area (Å²) in [4.78, 5) is 15.0. The fourth-order valence-electron chi connectivity index (χ4n) is 4.06. The molecule has 0 aliphatic carbocycles. The molecule has 0 unspecified atom stereocenters. The molecule has 4 nitrogen and oxygen atoms in total. The van der Waals surface area contributed by atoms with Crippen LogP contribution in [0.2, 0.25) is 5.02 Å². The average molecular weight is 453 g/mol. The van der Waals surface area contributed by atoms with Crippen LogP contribution in [0.4, 0.5) is 10.1 Å². The molecule has 32 heavy (non-hydrogen) atoms. The van der Waals surface area contributed by atoms with E-state index in [0.717, 1.165) is 32.1 Å². The Hall–Kier alpha value is -2.89. The normalized spacial score (nSPS) is 18.8. The minimum atomic E-state index is -0.481. The Morgan fingerprint density at radius 3 is 2.69 bits per heavy atom. The van der Waals surface area contributed by atoms with Crippen LogP contribution in [-0.2, 0) is 6.54 Å². The zero-order valence-electron chi connectivity index (χ0n) is 17.9. The minimum Gasteiger partial charge on any atom is -0.490 e. The largest absolute Gasteiger partial charge is 0.490 e. The van der Waals surface area contributed by atoms with Gasteiger partial charge in [-0.05, 0) is 42.3 Å². The summed E-state index contributed by atoms with van der Waals surface area (Å²) in [5.74, 6) is 0.214. The van der Waals surface area contributed by atoms with Crippen LogP contribution in [0, 0.1) is 11.7 Å². The minimum absolute atomic E-state index is 0.0750. The quantitative estimate of drug-likeness (QED) is 0.497. The monoisotopic (exact) mass is 452 g/mol. The van der Waals surface area contributed by atoms with Crippen LogP contribution in [0.15, 0.2) is 72.8 Å². The Morgan fingerprint density at radius 1 is 1.12 bits per heavy atom. The SMILES string of the molecule is C[C@H]1CN(Cc2ccccc2)CC[C@H]1Oc1cccc(NC(=O)c2ccc(F)cc2Cl)c1. The first-order valence-corrected chi connectivity index (χ1v) is 11.1. The number of carbonyl (C=O) groups is 1. The van der Waals surface area contributed by atoms with Gasteiger partial charge in [-0.1, -0.05) is 54.9 Å². The van der Waals surface area contributed by atoms with Crippen molar-refractivity contribution >= 4 is 23.2 Å². The van der Waals surface area contributed by atoms with Crippen LogP contribution >= 0.6 is 11.6 Å². The second kappa shape index (κ2) is 10.2. The Bertz CT molecular complexity index is 1080. The number of nitrogens with one attached hydrogen (secondary N) is 1. The Balaban J connectivity index is 1.35. The number of anilines is 1. The van der Waals surface area contributed by atoms with Crippen LogP contribution in [0.3, 0.4) is 0 Å². The van der Waals surface area contributed by atoms with Crippen molar-refractivity contribution in [3.05, 3.63) is 94.8 Å². The molecule has 0 bridgehead atoms. The van der Waals surface area contributed by atoms with E-state index in [0.29, 0.717) is 17.4 Å². The molecule has 0 saturated carbocycles. The molecular weight excluding hydrogens is 427 g/mol. The highest BCUT2D eigenvalue weighted by Crippen LogP contribution is 2.26. The Labute approximate surface area is 193 Å². The molecule has 0 radical (unpaired) electrons. The number of halogens is 2. The number of nitrogens with zero attached hydrogens (tertiary/aromatic N) is 1. The van der Waals surface area contributed by atoms with E-state index in [-0.39, 0.29) is 16.7 Å². The zero-order chi connectivity index (χ0) is 22.5. The fourth-order valence-corrected chi connectivity index (χ4v) is 4.32. The molecule has 6 heteroatoms. The summed E-state index contributed by atoms with van der Waals surface area (Å²) in [6, 6.07) is 21.5. The highest BCUT2D eigenvalue weighted by atomic mass is 35.5. The van der Waals surface area contributed by atoms with Gasteiger partial charge in [-0.2, -0.15) is 0 Å². The summed E-state index contributed by atoms with van der Waals surface area (Å²) in [6.07, 6.45) is 1.05. The molecule has 1 heterocycles. The third-order valence-electron chi connectivity index (χ3n) is 5.71. The van der Waals surface area contributed by atoms with Gasteiger partial charge in [0.1, 0.15) is 17.7 Å². The van der Waals surface area contributed by atoms with Gasteiger partial charge in [0.25, 0.3) is 5.91 Å². The van der Waals surface area contributed by atoms with E-state index < -0.39 is 11.7 Å². The molecule has 166 valence electrons. The highest BCUT2D eigenvalue weighted by molar-refractivity contribution is 6.34. The summed E-state index contributed by atoms with van der Waals surface area (Å²) in [5.41, 5.74) is 2.14. The average Bonchev–Trinajstić information content (AvgIpc) is 2.76. The summed E-state index contributed by atoms with van der Waals surface area (Å²) < 4.78 is 19.5. The van der Waals surface area contributed by atoms with Gasteiger partial charge >= 0.3 is 0 Å². The van der Waals surface area contributed by atoms with E-state index in [1.165, 1.54) is 17.7 Å². The first-order valence-electron chi connectivity index (χ1n) is 10.8. The number of ether oxygens (including phenoxy) is 1. The van der Waals surface area contributed by atoms with E-state index in [1.54, 1.807) is 12.1 Å². The third kappa shape index (κ3) is 5.67. The molecule has 1 aliphatic rings. The van der Waals surface area contributed by atoms with Gasteiger partial charge in [-0.25, -0.2) is 4.39 Å². The third-order valence-corrected chi connectivity index (χ3v) is 6.03. The smallest absolute Gasteiger partial charge is 0.257 e. The van der Waals surface area contributed by atoms with Gasteiger partial charge in [0, 0.05) is 37.3 Å². The van der Waals surface area contributed by atoms with E-state index >= 15 is 0 Å². The van der Waals surface area contributed by atoms with Crippen molar-refractivity contribution in [2.24, 2.45) is 5.92 Å². The standard InChI is InChI=1S/C26H26ClFN2O2/c1-18-16-30(17-19-6-3-2-4-7-19)13-12-25(18)32-22-9-5-8-21(15-22)29-26(31)23-11-10-20(28)14-24(23)27/h2-11,14-15,18,25H,12-13,16-17H2,1H3,(H,29,31)/t18-,25+/m0/s1.